The fraction of sp³-hybridized carbons (Fsp3) is 0.500. The molecular weight excluding hydrogens is 488 g/mol. The summed E-state index contributed by atoms with van der Waals surface area (Å²) in [4.78, 5) is 15.9. The highest BCUT2D eigenvalue weighted by Crippen LogP contribution is 2.27. The van der Waals surface area contributed by atoms with Crippen LogP contribution in [0.15, 0.2) is 41.3 Å². The van der Waals surface area contributed by atoms with Crippen LogP contribution in [0.3, 0.4) is 0 Å². The predicted molar refractivity (Wildman–Crippen MR) is 148 cm³/mol. The fourth-order valence-electron chi connectivity index (χ4n) is 4.82. The monoisotopic (exact) mass is 528 g/mol. The van der Waals surface area contributed by atoms with E-state index in [-0.39, 0.29) is 23.5 Å². The molecule has 0 aliphatic carbocycles. The van der Waals surface area contributed by atoms with Crippen LogP contribution in [0.4, 0.5) is 5.69 Å². The normalized spacial score (nSPS) is 14.5. The number of carboxylic acids is 1. The van der Waals surface area contributed by atoms with Gasteiger partial charge in [0.1, 0.15) is 6.07 Å². The molecule has 1 heterocycles. The standard InChI is InChI=1S/C20H21N3O4S.C8H19N/c1-14-11-15(2)19(12-17(14)20(24)25)28(26,27)23-9-7-22(8-10-23)18-6-4-3-5-16(18)13-21;1-6-9(7(2)3)8(4)5/h3-6,11-12H,7-10H2,1-2H3,(H,24,25);7-8H,6H2,1-5H3. The molecule has 0 saturated carbocycles. The van der Waals surface area contributed by atoms with E-state index in [1.807, 2.05) is 17.0 Å². The van der Waals surface area contributed by atoms with E-state index in [4.69, 9.17) is 0 Å². The Morgan fingerprint density at radius 1 is 1.03 bits per heavy atom. The zero-order valence-corrected chi connectivity index (χ0v) is 23.8. The molecule has 0 spiro atoms. The first kappa shape index (κ1) is 30.3. The maximum atomic E-state index is 13.1. The van der Waals surface area contributed by atoms with Crippen LogP contribution in [-0.2, 0) is 10.0 Å². The number of aromatic carboxylic acids is 1. The molecular formula is C28H40N4O4S. The quantitative estimate of drug-likeness (QED) is 0.564. The number of para-hydroxylation sites is 1. The minimum absolute atomic E-state index is 0.00856. The highest BCUT2D eigenvalue weighted by Gasteiger charge is 2.31. The predicted octanol–water partition coefficient (Wildman–Crippen LogP) is 4.51. The molecule has 2 aromatic rings. The van der Waals surface area contributed by atoms with Gasteiger partial charge in [0, 0.05) is 38.3 Å². The number of hydrogen-bond donors (Lipinski definition) is 1. The molecule has 1 aliphatic rings. The van der Waals surface area contributed by atoms with E-state index in [0.717, 1.165) is 12.2 Å². The van der Waals surface area contributed by atoms with Crippen molar-refractivity contribution < 1.29 is 18.3 Å². The number of carboxylic acid groups (broad SMARTS) is 1. The van der Waals surface area contributed by atoms with Crippen LogP contribution >= 0.6 is 0 Å². The summed E-state index contributed by atoms with van der Waals surface area (Å²) >= 11 is 0. The molecule has 3 rings (SSSR count). The van der Waals surface area contributed by atoms with Crippen molar-refractivity contribution in [2.75, 3.05) is 37.6 Å². The average Bonchev–Trinajstić information content (AvgIpc) is 2.84. The molecule has 0 radical (unpaired) electrons. The molecule has 0 amide bonds. The van der Waals surface area contributed by atoms with Gasteiger partial charge in [-0.2, -0.15) is 9.57 Å². The van der Waals surface area contributed by atoms with Crippen LogP contribution < -0.4 is 4.90 Å². The summed E-state index contributed by atoms with van der Waals surface area (Å²) in [5, 5.41) is 18.6. The van der Waals surface area contributed by atoms with Crippen LogP contribution in [0.25, 0.3) is 0 Å². The Labute approximate surface area is 222 Å². The molecule has 1 aliphatic heterocycles. The summed E-state index contributed by atoms with van der Waals surface area (Å²) in [6, 6.07) is 13.6. The van der Waals surface area contributed by atoms with Gasteiger partial charge in [0.25, 0.3) is 0 Å². The lowest BCUT2D eigenvalue weighted by atomic mass is 10.1. The molecule has 1 saturated heterocycles. The Morgan fingerprint density at radius 2 is 1.59 bits per heavy atom. The van der Waals surface area contributed by atoms with Gasteiger partial charge in [0.2, 0.25) is 10.0 Å². The highest BCUT2D eigenvalue weighted by molar-refractivity contribution is 7.89. The van der Waals surface area contributed by atoms with Gasteiger partial charge in [-0.15, -0.1) is 0 Å². The van der Waals surface area contributed by atoms with Gasteiger partial charge in [-0.1, -0.05) is 25.1 Å². The lowest BCUT2D eigenvalue weighted by Crippen LogP contribution is -2.49. The lowest BCUT2D eigenvalue weighted by molar-refractivity contribution is 0.0696. The van der Waals surface area contributed by atoms with E-state index in [1.165, 1.54) is 10.4 Å². The molecule has 1 N–H and O–H groups in total. The molecule has 0 unspecified atom stereocenters. The number of anilines is 1. The molecule has 0 aromatic heterocycles. The molecule has 9 heteroatoms. The van der Waals surface area contributed by atoms with E-state index in [2.05, 4.69) is 45.6 Å². The molecule has 0 bridgehead atoms. The molecule has 0 atom stereocenters. The smallest absolute Gasteiger partial charge is 0.335 e. The maximum Gasteiger partial charge on any atom is 0.335 e. The third-order valence-corrected chi connectivity index (χ3v) is 8.71. The van der Waals surface area contributed by atoms with Crippen LogP contribution in [0.1, 0.15) is 61.7 Å². The van der Waals surface area contributed by atoms with E-state index in [0.29, 0.717) is 41.9 Å². The molecule has 202 valence electrons. The van der Waals surface area contributed by atoms with Crippen molar-refractivity contribution in [3.05, 3.63) is 58.7 Å². The Balaban J connectivity index is 0.000000458. The third kappa shape index (κ3) is 7.31. The Hall–Kier alpha value is -2.93. The number of piperazine rings is 1. The summed E-state index contributed by atoms with van der Waals surface area (Å²) in [7, 11) is -3.81. The van der Waals surface area contributed by atoms with Crippen LogP contribution in [0, 0.1) is 25.2 Å². The average molecular weight is 529 g/mol. The minimum atomic E-state index is -3.81. The minimum Gasteiger partial charge on any atom is -0.478 e. The maximum absolute atomic E-state index is 13.1. The number of carbonyl (C=O) groups is 1. The van der Waals surface area contributed by atoms with E-state index in [9.17, 15) is 23.6 Å². The number of nitrogens with zero attached hydrogens (tertiary/aromatic N) is 4. The van der Waals surface area contributed by atoms with Gasteiger partial charge in [-0.05, 0) is 77.4 Å². The Kier molecular flexibility index (Phi) is 10.7. The van der Waals surface area contributed by atoms with Crippen molar-refractivity contribution in [1.29, 1.82) is 5.26 Å². The van der Waals surface area contributed by atoms with Gasteiger partial charge >= 0.3 is 5.97 Å². The molecule has 37 heavy (non-hydrogen) atoms. The largest absolute Gasteiger partial charge is 0.478 e. The number of hydrogen-bond acceptors (Lipinski definition) is 6. The van der Waals surface area contributed by atoms with Crippen LogP contribution in [0.2, 0.25) is 0 Å². The number of nitriles is 1. The Bertz CT molecular complexity index is 1220. The second kappa shape index (κ2) is 13.0. The number of benzene rings is 2. The zero-order chi connectivity index (χ0) is 27.9. The first-order valence-electron chi connectivity index (χ1n) is 12.7. The van der Waals surface area contributed by atoms with E-state index >= 15 is 0 Å². The van der Waals surface area contributed by atoms with Gasteiger partial charge in [0.15, 0.2) is 0 Å². The van der Waals surface area contributed by atoms with Gasteiger partial charge in [0.05, 0.1) is 21.7 Å². The van der Waals surface area contributed by atoms with Crippen LogP contribution in [-0.4, -0.2) is 73.5 Å². The first-order chi connectivity index (χ1) is 17.3. The number of aryl methyl sites for hydroxylation is 2. The van der Waals surface area contributed by atoms with Gasteiger partial charge in [-0.3, -0.25) is 4.90 Å². The van der Waals surface area contributed by atoms with Crippen molar-refractivity contribution in [2.45, 2.75) is 65.4 Å². The Morgan fingerprint density at radius 3 is 2.05 bits per heavy atom. The first-order valence-corrected chi connectivity index (χ1v) is 14.1. The summed E-state index contributed by atoms with van der Waals surface area (Å²) < 4.78 is 27.6. The van der Waals surface area contributed by atoms with Gasteiger partial charge in [-0.25, -0.2) is 13.2 Å². The fourth-order valence-corrected chi connectivity index (χ4v) is 6.47. The number of sulfonamides is 1. The van der Waals surface area contributed by atoms with E-state index in [1.54, 1.807) is 32.0 Å². The van der Waals surface area contributed by atoms with Crippen LogP contribution in [0.5, 0.6) is 0 Å². The molecule has 2 aromatic carbocycles. The third-order valence-electron chi connectivity index (χ3n) is 6.67. The summed E-state index contributed by atoms with van der Waals surface area (Å²) in [5.41, 5.74) is 2.40. The second-order valence-electron chi connectivity index (χ2n) is 9.78. The topological polar surface area (TPSA) is 105 Å². The second-order valence-corrected chi connectivity index (χ2v) is 11.7. The summed E-state index contributed by atoms with van der Waals surface area (Å²) in [5.74, 6) is -1.15. The van der Waals surface area contributed by atoms with Crippen molar-refractivity contribution >= 4 is 21.7 Å². The highest BCUT2D eigenvalue weighted by atomic mass is 32.2. The SMILES string of the molecule is CCN(C(C)C)C(C)C.Cc1cc(C)c(S(=O)(=O)N2CCN(c3ccccc3C#N)CC2)cc1C(=O)O. The van der Waals surface area contributed by atoms with Crippen molar-refractivity contribution in [3.8, 4) is 6.07 Å². The van der Waals surface area contributed by atoms with Crippen molar-refractivity contribution in [1.82, 2.24) is 9.21 Å². The van der Waals surface area contributed by atoms with Gasteiger partial charge < -0.3 is 10.0 Å². The lowest BCUT2D eigenvalue weighted by Gasteiger charge is -2.36. The number of rotatable bonds is 7. The van der Waals surface area contributed by atoms with E-state index < -0.39 is 16.0 Å². The molecule has 8 nitrogen and oxygen atoms in total. The molecule has 1 fully saturated rings. The summed E-state index contributed by atoms with van der Waals surface area (Å²) in [6.45, 7) is 17.1. The zero-order valence-electron chi connectivity index (χ0n) is 23.0. The van der Waals surface area contributed by atoms with Crippen molar-refractivity contribution in [2.24, 2.45) is 0 Å². The summed E-state index contributed by atoms with van der Waals surface area (Å²) in [6.07, 6.45) is 0. The van der Waals surface area contributed by atoms with Crippen molar-refractivity contribution in [3.63, 3.8) is 0 Å².